The van der Waals surface area contributed by atoms with Crippen LogP contribution < -0.4 is 0 Å². The second-order valence-electron chi connectivity index (χ2n) is 3.91. The van der Waals surface area contributed by atoms with Crippen molar-refractivity contribution in [3.63, 3.8) is 0 Å². The van der Waals surface area contributed by atoms with Gasteiger partial charge in [-0.2, -0.15) is 0 Å². The smallest absolute Gasteiger partial charge is 0.139 e. The van der Waals surface area contributed by atoms with E-state index in [1.54, 1.807) is 0 Å². The van der Waals surface area contributed by atoms with Crippen molar-refractivity contribution < 1.29 is 9.84 Å². The first kappa shape index (κ1) is 9.96. The molecule has 0 bridgehead atoms. The molecule has 0 aromatic heterocycles. The van der Waals surface area contributed by atoms with Crippen LogP contribution in [0.15, 0.2) is 0 Å². The predicted octanol–water partition coefficient (Wildman–Crippen LogP) is 0.826. The maximum atomic E-state index is 9.99. The molecule has 12 heavy (non-hydrogen) atoms. The Kier molecular flexibility index (Phi) is 3.09. The Bertz CT molecular complexity index is 145. The highest BCUT2D eigenvalue weighted by molar-refractivity contribution is 4.79. The van der Waals surface area contributed by atoms with Crippen LogP contribution in [0.2, 0.25) is 0 Å². The normalized spacial score (nSPS) is 33.8. The monoisotopic (exact) mass is 173 g/mol. The molecule has 3 nitrogen and oxygen atoms in total. The molecule has 0 aromatic carbocycles. The van der Waals surface area contributed by atoms with Gasteiger partial charge in [0.05, 0.1) is 6.61 Å². The van der Waals surface area contributed by atoms with Gasteiger partial charge < -0.3 is 9.84 Å². The van der Waals surface area contributed by atoms with E-state index in [2.05, 4.69) is 18.7 Å². The van der Waals surface area contributed by atoms with Crippen molar-refractivity contribution in [3.8, 4) is 0 Å². The molecule has 72 valence electrons. The summed E-state index contributed by atoms with van der Waals surface area (Å²) in [6, 6.07) is 0.377. The van der Waals surface area contributed by atoms with E-state index >= 15 is 0 Å². The lowest BCUT2D eigenvalue weighted by atomic mass is 10.2. The highest BCUT2D eigenvalue weighted by atomic mass is 16.5. The molecule has 1 N–H and O–H groups in total. The third kappa shape index (κ3) is 2.19. The van der Waals surface area contributed by atoms with Crippen LogP contribution in [0.1, 0.15) is 27.2 Å². The van der Waals surface area contributed by atoms with Crippen LogP contribution in [-0.2, 0) is 4.74 Å². The molecule has 1 atom stereocenters. The van der Waals surface area contributed by atoms with Crippen LogP contribution in [-0.4, -0.2) is 41.5 Å². The van der Waals surface area contributed by atoms with Crippen molar-refractivity contribution in [2.24, 2.45) is 0 Å². The van der Waals surface area contributed by atoms with Crippen LogP contribution >= 0.6 is 0 Å². The summed E-state index contributed by atoms with van der Waals surface area (Å²) in [4.78, 5) is 2.08. The first-order valence-corrected chi connectivity index (χ1v) is 4.61. The van der Waals surface area contributed by atoms with E-state index in [9.17, 15) is 5.11 Å². The Labute approximate surface area is 74.3 Å². The van der Waals surface area contributed by atoms with Crippen LogP contribution in [0.5, 0.6) is 0 Å². The number of ether oxygens (including phenoxy) is 1. The predicted molar refractivity (Wildman–Crippen MR) is 47.9 cm³/mol. The Hall–Kier alpha value is -0.120. The third-order valence-electron chi connectivity index (χ3n) is 2.31. The van der Waals surface area contributed by atoms with Gasteiger partial charge in [0.15, 0.2) is 0 Å². The minimum absolute atomic E-state index is 0.377. The van der Waals surface area contributed by atoms with E-state index < -0.39 is 5.72 Å². The maximum absolute atomic E-state index is 9.99. The summed E-state index contributed by atoms with van der Waals surface area (Å²) in [5.41, 5.74) is -0.787. The summed E-state index contributed by atoms with van der Waals surface area (Å²) in [6.07, 6.45) is 1.01. The quantitative estimate of drug-likeness (QED) is 0.637. The second kappa shape index (κ2) is 3.73. The molecule has 1 aliphatic heterocycles. The molecule has 0 aliphatic carbocycles. The number of nitrogens with zero attached hydrogens (tertiary/aromatic N) is 1. The lowest BCUT2D eigenvalue weighted by Gasteiger charge is -2.37. The topological polar surface area (TPSA) is 32.7 Å². The molecule has 0 unspecified atom stereocenters. The summed E-state index contributed by atoms with van der Waals surface area (Å²) >= 11 is 0. The summed E-state index contributed by atoms with van der Waals surface area (Å²) in [5.74, 6) is 0. The standard InChI is InChI=1S/C9H19NO2/c1-8(2)10-5-4-6-12-7-9(10,3)11/h8,11H,4-7H2,1-3H3/t9-/m1/s1. The van der Waals surface area contributed by atoms with Gasteiger partial charge in [-0.25, -0.2) is 0 Å². The summed E-state index contributed by atoms with van der Waals surface area (Å²) < 4.78 is 5.30. The average Bonchev–Trinajstić information content (AvgIpc) is 2.09. The Morgan fingerprint density at radius 1 is 1.50 bits per heavy atom. The van der Waals surface area contributed by atoms with E-state index in [0.717, 1.165) is 19.6 Å². The highest BCUT2D eigenvalue weighted by Gasteiger charge is 2.32. The van der Waals surface area contributed by atoms with Gasteiger partial charge in [-0.05, 0) is 27.2 Å². The summed E-state index contributed by atoms with van der Waals surface area (Å²) in [6.45, 7) is 8.12. The van der Waals surface area contributed by atoms with Crippen molar-refractivity contribution in [1.29, 1.82) is 0 Å². The fourth-order valence-corrected chi connectivity index (χ4v) is 1.74. The number of aliphatic hydroxyl groups is 1. The molecule has 1 aliphatic rings. The SMILES string of the molecule is CC(C)N1CCCOC[C@@]1(C)O. The third-order valence-corrected chi connectivity index (χ3v) is 2.31. The van der Waals surface area contributed by atoms with Crippen LogP contribution in [0, 0.1) is 0 Å². The average molecular weight is 173 g/mol. The Morgan fingerprint density at radius 3 is 2.75 bits per heavy atom. The van der Waals surface area contributed by atoms with E-state index in [4.69, 9.17) is 4.74 Å². The zero-order chi connectivity index (χ0) is 9.19. The molecule has 1 heterocycles. The first-order valence-electron chi connectivity index (χ1n) is 4.61. The largest absolute Gasteiger partial charge is 0.377 e. The van der Waals surface area contributed by atoms with Gasteiger partial charge in [-0.15, -0.1) is 0 Å². The fraction of sp³-hybridized carbons (Fsp3) is 1.00. The minimum Gasteiger partial charge on any atom is -0.377 e. The highest BCUT2D eigenvalue weighted by Crippen LogP contribution is 2.18. The molecule has 1 saturated heterocycles. The zero-order valence-corrected chi connectivity index (χ0v) is 8.21. The molecule has 0 aromatic rings. The second-order valence-corrected chi connectivity index (χ2v) is 3.91. The Morgan fingerprint density at radius 2 is 2.17 bits per heavy atom. The van der Waals surface area contributed by atoms with Gasteiger partial charge in [0, 0.05) is 19.2 Å². The van der Waals surface area contributed by atoms with Gasteiger partial charge in [0.2, 0.25) is 0 Å². The summed E-state index contributed by atoms with van der Waals surface area (Å²) in [7, 11) is 0. The molecule has 0 radical (unpaired) electrons. The maximum Gasteiger partial charge on any atom is 0.139 e. The van der Waals surface area contributed by atoms with Gasteiger partial charge in [0.25, 0.3) is 0 Å². The molecule has 0 spiro atoms. The molecule has 0 amide bonds. The minimum atomic E-state index is -0.787. The van der Waals surface area contributed by atoms with E-state index in [1.165, 1.54) is 0 Å². The lowest BCUT2D eigenvalue weighted by molar-refractivity contribution is -0.134. The van der Waals surface area contributed by atoms with Gasteiger partial charge >= 0.3 is 0 Å². The van der Waals surface area contributed by atoms with Crippen molar-refractivity contribution in [2.45, 2.75) is 39.0 Å². The van der Waals surface area contributed by atoms with Crippen molar-refractivity contribution >= 4 is 0 Å². The van der Waals surface area contributed by atoms with E-state index in [0.29, 0.717) is 12.6 Å². The van der Waals surface area contributed by atoms with Crippen molar-refractivity contribution in [3.05, 3.63) is 0 Å². The molecular formula is C9H19NO2. The Balaban J connectivity index is 2.65. The van der Waals surface area contributed by atoms with E-state index in [1.807, 2.05) is 6.92 Å². The van der Waals surface area contributed by atoms with Crippen LogP contribution in [0.3, 0.4) is 0 Å². The zero-order valence-electron chi connectivity index (χ0n) is 8.21. The van der Waals surface area contributed by atoms with E-state index in [-0.39, 0.29) is 0 Å². The fourth-order valence-electron chi connectivity index (χ4n) is 1.74. The van der Waals surface area contributed by atoms with Crippen LogP contribution in [0.4, 0.5) is 0 Å². The first-order chi connectivity index (χ1) is 5.54. The lowest BCUT2D eigenvalue weighted by Crippen LogP contribution is -2.52. The van der Waals surface area contributed by atoms with Crippen molar-refractivity contribution in [1.82, 2.24) is 4.90 Å². The molecule has 1 rings (SSSR count). The number of hydrogen-bond donors (Lipinski definition) is 1. The number of hydrogen-bond acceptors (Lipinski definition) is 3. The molecule has 0 saturated carbocycles. The van der Waals surface area contributed by atoms with Crippen molar-refractivity contribution in [2.75, 3.05) is 19.8 Å². The molecule has 3 heteroatoms. The number of rotatable bonds is 1. The summed E-state index contributed by atoms with van der Waals surface area (Å²) in [5, 5.41) is 9.99. The van der Waals surface area contributed by atoms with Gasteiger partial charge in [-0.3, -0.25) is 4.90 Å². The van der Waals surface area contributed by atoms with Crippen LogP contribution in [0.25, 0.3) is 0 Å². The molecular weight excluding hydrogens is 154 g/mol. The van der Waals surface area contributed by atoms with Gasteiger partial charge in [0.1, 0.15) is 5.72 Å². The molecule has 1 fully saturated rings. The van der Waals surface area contributed by atoms with Gasteiger partial charge in [-0.1, -0.05) is 0 Å².